The lowest BCUT2D eigenvalue weighted by Crippen LogP contribution is -2.50. The zero-order valence-corrected chi connectivity index (χ0v) is 13.8. The van der Waals surface area contributed by atoms with Gasteiger partial charge in [-0.1, -0.05) is 12.8 Å². The average molecular weight is 332 g/mol. The summed E-state index contributed by atoms with van der Waals surface area (Å²) >= 11 is 0. The number of terminal acetylenes is 1. The first-order valence-corrected chi connectivity index (χ1v) is 8.72. The number of phenols is 1. The van der Waals surface area contributed by atoms with Crippen LogP contribution in [-0.2, 0) is 6.42 Å². The van der Waals surface area contributed by atoms with E-state index in [2.05, 4.69) is 12.8 Å². The number of aromatic hydroxyl groups is 1. The third kappa shape index (κ3) is 1.80. The number of halogens is 2. The third-order valence-corrected chi connectivity index (χ3v) is 7.28. The summed E-state index contributed by atoms with van der Waals surface area (Å²) in [6.45, 7) is 2.08. The quantitative estimate of drug-likeness (QED) is 0.708. The largest absolute Gasteiger partial charge is 0.503 e. The number of fused-ring (bicyclic) bond motifs is 5. The van der Waals surface area contributed by atoms with Gasteiger partial charge in [-0.3, -0.25) is 0 Å². The van der Waals surface area contributed by atoms with E-state index in [0.29, 0.717) is 24.0 Å². The Morgan fingerprint density at radius 2 is 2.00 bits per heavy atom. The minimum atomic E-state index is -1.08. The van der Waals surface area contributed by atoms with Gasteiger partial charge in [0.05, 0.1) is 0 Å². The van der Waals surface area contributed by atoms with E-state index in [1.807, 2.05) is 0 Å². The number of benzene rings is 1. The van der Waals surface area contributed by atoms with Crippen LogP contribution >= 0.6 is 0 Å². The molecular weight excluding hydrogens is 310 g/mol. The van der Waals surface area contributed by atoms with Crippen LogP contribution in [0.15, 0.2) is 6.07 Å². The van der Waals surface area contributed by atoms with E-state index in [1.54, 1.807) is 0 Å². The molecule has 3 aliphatic rings. The smallest absolute Gasteiger partial charge is 0.188 e. The van der Waals surface area contributed by atoms with Crippen LogP contribution in [0.4, 0.5) is 8.78 Å². The fraction of sp³-hybridized carbons (Fsp3) is 0.600. The number of rotatable bonds is 0. The summed E-state index contributed by atoms with van der Waals surface area (Å²) in [7, 11) is 0. The van der Waals surface area contributed by atoms with Crippen molar-refractivity contribution in [3.05, 3.63) is 28.8 Å². The molecule has 0 spiro atoms. The van der Waals surface area contributed by atoms with Crippen molar-refractivity contribution in [3.8, 4) is 18.1 Å². The van der Waals surface area contributed by atoms with Crippen LogP contribution in [0.2, 0.25) is 0 Å². The van der Waals surface area contributed by atoms with Crippen molar-refractivity contribution in [2.75, 3.05) is 0 Å². The van der Waals surface area contributed by atoms with E-state index in [9.17, 15) is 19.0 Å². The van der Waals surface area contributed by atoms with Crippen molar-refractivity contribution < 1.29 is 19.0 Å². The third-order valence-electron chi connectivity index (χ3n) is 7.28. The Labute approximate surface area is 140 Å². The molecule has 0 amide bonds. The maximum absolute atomic E-state index is 14.3. The summed E-state index contributed by atoms with van der Waals surface area (Å²) in [5.74, 6) is 0.701. The summed E-state index contributed by atoms with van der Waals surface area (Å²) in [6.07, 6.45) is 9.89. The Morgan fingerprint density at radius 3 is 2.71 bits per heavy atom. The lowest BCUT2D eigenvalue weighted by Gasteiger charge is -2.52. The second kappa shape index (κ2) is 4.95. The zero-order chi connectivity index (χ0) is 17.3. The average Bonchev–Trinajstić information content (AvgIpc) is 2.85. The van der Waals surface area contributed by atoms with E-state index < -0.39 is 23.0 Å². The van der Waals surface area contributed by atoms with Crippen LogP contribution in [0, 0.1) is 41.2 Å². The van der Waals surface area contributed by atoms with E-state index in [-0.39, 0.29) is 23.2 Å². The summed E-state index contributed by atoms with van der Waals surface area (Å²) in [4.78, 5) is 0. The summed E-state index contributed by atoms with van der Waals surface area (Å²) in [5.41, 5.74) is -0.232. The number of phenolic OH excluding ortho intramolecular Hbond substituents is 1. The number of hydrogen-bond acceptors (Lipinski definition) is 2. The fourth-order valence-corrected chi connectivity index (χ4v) is 5.89. The predicted molar refractivity (Wildman–Crippen MR) is 86.4 cm³/mol. The maximum Gasteiger partial charge on any atom is 0.188 e. The van der Waals surface area contributed by atoms with Crippen molar-refractivity contribution in [3.63, 3.8) is 0 Å². The second-order valence-corrected chi connectivity index (χ2v) is 8.00. The summed E-state index contributed by atoms with van der Waals surface area (Å²) in [5, 5.41) is 20.4. The van der Waals surface area contributed by atoms with Crippen LogP contribution in [0.5, 0.6) is 5.75 Å². The van der Waals surface area contributed by atoms with Crippen molar-refractivity contribution in [2.45, 2.75) is 57.0 Å². The zero-order valence-electron chi connectivity index (χ0n) is 13.8. The molecule has 1 aromatic carbocycles. The number of hydrogen-bond donors (Lipinski definition) is 2. The maximum atomic E-state index is 14.3. The van der Waals surface area contributed by atoms with Crippen molar-refractivity contribution in [2.24, 2.45) is 17.3 Å². The molecule has 0 saturated heterocycles. The van der Waals surface area contributed by atoms with Gasteiger partial charge in [-0.15, -0.1) is 6.42 Å². The molecule has 0 heterocycles. The first-order chi connectivity index (χ1) is 11.3. The molecule has 3 aliphatic carbocycles. The highest BCUT2D eigenvalue weighted by atomic mass is 19.1. The SMILES string of the molecule is C#C[C@]1(O)CC[C@H]2[C@@H]3CCc4c(cc(F)c(O)c4F)[C@H]3CC[C@@]21C. The van der Waals surface area contributed by atoms with Gasteiger partial charge in [-0.2, -0.15) is 0 Å². The molecule has 1 aromatic rings. The Hall–Kier alpha value is -1.60. The molecule has 0 bridgehead atoms. The normalized spacial score (nSPS) is 40.4. The molecular formula is C20H22F2O2. The lowest BCUT2D eigenvalue weighted by molar-refractivity contribution is -0.0648. The molecule has 0 aliphatic heterocycles. The minimum Gasteiger partial charge on any atom is -0.503 e. The molecule has 0 unspecified atom stereocenters. The minimum absolute atomic E-state index is 0.0801. The molecule has 4 rings (SSSR count). The molecule has 2 nitrogen and oxygen atoms in total. The van der Waals surface area contributed by atoms with Crippen molar-refractivity contribution in [1.82, 2.24) is 0 Å². The molecule has 4 heteroatoms. The molecule has 5 atom stereocenters. The van der Waals surface area contributed by atoms with Crippen molar-refractivity contribution in [1.29, 1.82) is 0 Å². The Kier molecular flexibility index (Phi) is 3.28. The van der Waals surface area contributed by atoms with Gasteiger partial charge in [0.2, 0.25) is 0 Å². The second-order valence-electron chi connectivity index (χ2n) is 8.00. The van der Waals surface area contributed by atoms with Crippen molar-refractivity contribution >= 4 is 0 Å². The Balaban J connectivity index is 1.76. The molecule has 0 aromatic heterocycles. The van der Waals surface area contributed by atoms with Crippen LogP contribution in [0.1, 0.15) is 56.1 Å². The lowest BCUT2D eigenvalue weighted by atomic mass is 9.53. The van der Waals surface area contributed by atoms with Gasteiger partial charge >= 0.3 is 0 Å². The fourth-order valence-electron chi connectivity index (χ4n) is 5.89. The van der Waals surface area contributed by atoms with E-state index in [0.717, 1.165) is 25.7 Å². The number of aliphatic hydroxyl groups is 1. The molecule has 2 fully saturated rings. The van der Waals surface area contributed by atoms with E-state index >= 15 is 0 Å². The molecule has 24 heavy (non-hydrogen) atoms. The van der Waals surface area contributed by atoms with E-state index in [4.69, 9.17) is 6.42 Å². The molecule has 2 saturated carbocycles. The highest BCUT2D eigenvalue weighted by Crippen LogP contribution is 2.64. The van der Waals surface area contributed by atoms with Crippen LogP contribution < -0.4 is 0 Å². The Morgan fingerprint density at radius 1 is 1.25 bits per heavy atom. The van der Waals surface area contributed by atoms with Crippen LogP contribution in [0.3, 0.4) is 0 Å². The molecule has 128 valence electrons. The standard InChI is InChI=1S/C20H22F2O2/c1-3-20(24)9-7-15-12-4-5-13-14(10-16(21)18(23)17(13)22)11(12)6-8-19(15,20)2/h1,10-12,15,23-24H,4-9H2,2H3/t11-,12+,15-,19-,20-/m0/s1. The van der Waals surface area contributed by atoms with Gasteiger partial charge < -0.3 is 10.2 Å². The van der Waals surface area contributed by atoms with E-state index in [1.165, 1.54) is 6.07 Å². The van der Waals surface area contributed by atoms with Gasteiger partial charge in [0.1, 0.15) is 5.60 Å². The Bertz CT molecular complexity index is 753. The molecule has 0 radical (unpaired) electrons. The highest BCUT2D eigenvalue weighted by molar-refractivity contribution is 5.43. The highest BCUT2D eigenvalue weighted by Gasteiger charge is 2.61. The van der Waals surface area contributed by atoms with Gasteiger partial charge in [0.25, 0.3) is 0 Å². The monoisotopic (exact) mass is 332 g/mol. The first kappa shape index (κ1) is 15.9. The van der Waals surface area contributed by atoms with Gasteiger partial charge in [0.15, 0.2) is 17.4 Å². The summed E-state index contributed by atoms with van der Waals surface area (Å²) < 4.78 is 28.2. The van der Waals surface area contributed by atoms with Gasteiger partial charge in [-0.25, -0.2) is 8.78 Å². The van der Waals surface area contributed by atoms with Gasteiger partial charge in [-0.05, 0) is 73.5 Å². The predicted octanol–water partition coefficient (Wildman–Crippen LogP) is 3.89. The first-order valence-electron chi connectivity index (χ1n) is 8.72. The topological polar surface area (TPSA) is 40.5 Å². The van der Waals surface area contributed by atoms with Gasteiger partial charge in [0, 0.05) is 5.41 Å². The summed E-state index contributed by atoms with van der Waals surface area (Å²) in [6, 6.07) is 1.32. The molecule has 2 N–H and O–H groups in total. The van der Waals surface area contributed by atoms with Crippen LogP contribution in [-0.4, -0.2) is 15.8 Å². The van der Waals surface area contributed by atoms with Crippen LogP contribution in [0.25, 0.3) is 0 Å².